The van der Waals surface area contributed by atoms with E-state index in [1.807, 2.05) is 18.7 Å². The number of carbonyl (C=O) groups excluding carboxylic acids is 2. The van der Waals surface area contributed by atoms with Crippen molar-refractivity contribution in [2.24, 2.45) is 5.92 Å². The SMILES string of the molecule is C[C@@H]1CN(C(=O)C2COCCN(C(=O)c3csc(N)n3)C2)C[C@H](C)O1. The minimum Gasteiger partial charge on any atom is -0.379 e. The van der Waals surface area contributed by atoms with Crippen LogP contribution >= 0.6 is 11.3 Å². The van der Waals surface area contributed by atoms with Gasteiger partial charge >= 0.3 is 0 Å². The maximum absolute atomic E-state index is 12.9. The number of rotatable bonds is 2. The Labute approximate surface area is 150 Å². The molecule has 1 aromatic rings. The fourth-order valence-electron chi connectivity index (χ4n) is 3.31. The fourth-order valence-corrected chi connectivity index (χ4v) is 3.85. The van der Waals surface area contributed by atoms with Gasteiger partial charge in [-0.3, -0.25) is 9.59 Å². The molecule has 0 saturated carbocycles. The van der Waals surface area contributed by atoms with Crippen molar-refractivity contribution in [3.05, 3.63) is 11.1 Å². The van der Waals surface area contributed by atoms with Crippen molar-refractivity contribution in [1.29, 1.82) is 0 Å². The minimum atomic E-state index is -0.375. The Morgan fingerprint density at radius 3 is 2.60 bits per heavy atom. The molecular formula is C16H24N4O4S. The molecule has 2 amide bonds. The van der Waals surface area contributed by atoms with Crippen LogP contribution in [0.2, 0.25) is 0 Å². The van der Waals surface area contributed by atoms with E-state index in [1.165, 1.54) is 11.3 Å². The van der Waals surface area contributed by atoms with Crippen molar-refractivity contribution < 1.29 is 19.1 Å². The number of hydrogen-bond acceptors (Lipinski definition) is 7. The molecule has 0 bridgehead atoms. The number of carbonyl (C=O) groups is 2. The summed E-state index contributed by atoms with van der Waals surface area (Å²) in [4.78, 5) is 33.1. The number of nitrogens with two attached hydrogens (primary N) is 1. The Bertz CT molecular complexity index is 627. The lowest BCUT2D eigenvalue weighted by atomic mass is 10.1. The maximum Gasteiger partial charge on any atom is 0.273 e. The van der Waals surface area contributed by atoms with E-state index in [9.17, 15) is 9.59 Å². The third-order valence-electron chi connectivity index (χ3n) is 4.37. The zero-order valence-electron chi connectivity index (χ0n) is 14.5. The van der Waals surface area contributed by atoms with Crippen LogP contribution in [0.25, 0.3) is 0 Å². The van der Waals surface area contributed by atoms with Crippen LogP contribution in [0.15, 0.2) is 5.38 Å². The lowest BCUT2D eigenvalue weighted by Crippen LogP contribution is -2.52. The molecular weight excluding hydrogens is 344 g/mol. The van der Waals surface area contributed by atoms with Gasteiger partial charge in [-0.25, -0.2) is 4.98 Å². The van der Waals surface area contributed by atoms with Crippen molar-refractivity contribution in [2.75, 3.05) is 45.1 Å². The predicted octanol–water partition coefficient (Wildman–Crippen LogP) is 0.450. The van der Waals surface area contributed by atoms with Crippen molar-refractivity contribution in [1.82, 2.24) is 14.8 Å². The van der Waals surface area contributed by atoms with Gasteiger partial charge in [0.15, 0.2) is 5.13 Å². The summed E-state index contributed by atoms with van der Waals surface area (Å²) < 4.78 is 11.3. The molecule has 9 heteroatoms. The monoisotopic (exact) mass is 368 g/mol. The highest BCUT2D eigenvalue weighted by molar-refractivity contribution is 7.13. The van der Waals surface area contributed by atoms with Crippen LogP contribution in [0.3, 0.4) is 0 Å². The first-order chi connectivity index (χ1) is 11.9. The number of ether oxygens (including phenoxy) is 2. The van der Waals surface area contributed by atoms with Gasteiger partial charge in [0.25, 0.3) is 5.91 Å². The number of nitrogen functional groups attached to an aromatic ring is 1. The van der Waals surface area contributed by atoms with Gasteiger partial charge in [0.05, 0.1) is 31.3 Å². The lowest BCUT2D eigenvalue weighted by molar-refractivity contribution is -0.149. The number of anilines is 1. The van der Waals surface area contributed by atoms with Crippen LogP contribution < -0.4 is 5.73 Å². The third kappa shape index (κ3) is 4.28. The molecule has 2 saturated heterocycles. The molecule has 0 radical (unpaired) electrons. The third-order valence-corrected chi connectivity index (χ3v) is 5.05. The van der Waals surface area contributed by atoms with Gasteiger partial charge < -0.3 is 25.0 Å². The number of aromatic nitrogens is 1. The van der Waals surface area contributed by atoms with E-state index < -0.39 is 0 Å². The lowest BCUT2D eigenvalue weighted by Gasteiger charge is -2.37. The normalized spacial score (nSPS) is 27.8. The van der Waals surface area contributed by atoms with Gasteiger partial charge in [-0.15, -0.1) is 11.3 Å². The number of morpholine rings is 1. The number of amides is 2. The zero-order valence-corrected chi connectivity index (χ0v) is 15.3. The van der Waals surface area contributed by atoms with E-state index in [4.69, 9.17) is 15.2 Å². The van der Waals surface area contributed by atoms with Gasteiger partial charge in [0, 0.05) is 31.6 Å². The Balaban J connectivity index is 1.69. The van der Waals surface area contributed by atoms with Gasteiger partial charge in [-0.1, -0.05) is 0 Å². The van der Waals surface area contributed by atoms with E-state index >= 15 is 0 Å². The largest absolute Gasteiger partial charge is 0.379 e. The van der Waals surface area contributed by atoms with Crippen LogP contribution in [0.4, 0.5) is 5.13 Å². The summed E-state index contributed by atoms with van der Waals surface area (Å²) in [6.45, 7) is 6.55. The van der Waals surface area contributed by atoms with Gasteiger partial charge in [-0.05, 0) is 13.8 Å². The van der Waals surface area contributed by atoms with E-state index in [0.29, 0.717) is 50.2 Å². The van der Waals surface area contributed by atoms with Gasteiger partial charge in [0.1, 0.15) is 5.69 Å². The average molecular weight is 368 g/mol. The Morgan fingerprint density at radius 1 is 1.24 bits per heavy atom. The molecule has 2 aliphatic rings. The Morgan fingerprint density at radius 2 is 1.96 bits per heavy atom. The molecule has 1 unspecified atom stereocenters. The highest BCUT2D eigenvalue weighted by Crippen LogP contribution is 2.19. The van der Waals surface area contributed by atoms with Crippen LogP contribution in [0.5, 0.6) is 0 Å². The van der Waals surface area contributed by atoms with E-state index in [0.717, 1.165) is 0 Å². The molecule has 3 atom stereocenters. The molecule has 0 aliphatic carbocycles. The molecule has 2 N–H and O–H groups in total. The van der Waals surface area contributed by atoms with Crippen molar-refractivity contribution in [2.45, 2.75) is 26.1 Å². The predicted molar refractivity (Wildman–Crippen MR) is 93.3 cm³/mol. The standard InChI is InChI=1S/C16H24N4O4S/c1-10-5-20(6-11(2)24-10)14(21)12-7-19(3-4-23-8-12)15(22)13-9-25-16(17)18-13/h9-12H,3-8H2,1-2H3,(H2,17,18)/t10-,11+,12?. The summed E-state index contributed by atoms with van der Waals surface area (Å²) in [6, 6.07) is 0. The highest BCUT2D eigenvalue weighted by Gasteiger charge is 2.34. The van der Waals surface area contributed by atoms with Crippen molar-refractivity contribution >= 4 is 28.3 Å². The number of hydrogen-bond donors (Lipinski definition) is 1. The molecule has 8 nitrogen and oxygen atoms in total. The summed E-state index contributed by atoms with van der Waals surface area (Å²) in [5.74, 6) is -0.570. The van der Waals surface area contributed by atoms with Gasteiger partial charge in [0.2, 0.25) is 5.91 Å². The first kappa shape index (κ1) is 18.1. The summed E-state index contributed by atoms with van der Waals surface area (Å²) in [5, 5.41) is 2.00. The second-order valence-corrected chi connectivity index (χ2v) is 7.48. The minimum absolute atomic E-state index is 0.00936. The molecule has 3 heterocycles. The molecule has 2 fully saturated rings. The zero-order chi connectivity index (χ0) is 18.0. The van der Waals surface area contributed by atoms with Crippen LogP contribution in [-0.4, -0.2) is 78.2 Å². The van der Waals surface area contributed by atoms with Gasteiger partial charge in [-0.2, -0.15) is 0 Å². The van der Waals surface area contributed by atoms with E-state index in [2.05, 4.69) is 4.98 Å². The number of nitrogens with zero attached hydrogens (tertiary/aromatic N) is 3. The Kier molecular flexibility index (Phi) is 5.55. The molecule has 0 spiro atoms. The summed E-state index contributed by atoms with van der Waals surface area (Å²) in [6.07, 6.45) is 0.0187. The smallest absolute Gasteiger partial charge is 0.273 e. The molecule has 2 aliphatic heterocycles. The highest BCUT2D eigenvalue weighted by atomic mass is 32.1. The topological polar surface area (TPSA) is 98.0 Å². The number of thiazole rings is 1. The van der Waals surface area contributed by atoms with Crippen LogP contribution in [-0.2, 0) is 14.3 Å². The quantitative estimate of drug-likeness (QED) is 0.814. The molecule has 25 heavy (non-hydrogen) atoms. The van der Waals surface area contributed by atoms with Crippen LogP contribution in [0, 0.1) is 5.92 Å². The van der Waals surface area contributed by atoms with E-state index in [-0.39, 0.29) is 29.9 Å². The average Bonchev–Trinajstić information content (AvgIpc) is 2.85. The van der Waals surface area contributed by atoms with Crippen LogP contribution in [0.1, 0.15) is 24.3 Å². The first-order valence-electron chi connectivity index (χ1n) is 8.46. The Hall–Kier alpha value is -1.71. The molecule has 1 aromatic heterocycles. The van der Waals surface area contributed by atoms with Crippen molar-refractivity contribution in [3.8, 4) is 0 Å². The molecule has 138 valence electrons. The molecule has 3 rings (SSSR count). The maximum atomic E-state index is 12.9. The second-order valence-electron chi connectivity index (χ2n) is 6.59. The van der Waals surface area contributed by atoms with E-state index in [1.54, 1.807) is 10.3 Å². The summed E-state index contributed by atoms with van der Waals surface area (Å²) in [5.41, 5.74) is 5.94. The first-order valence-corrected chi connectivity index (χ1v) is 9.34. The molecule has 0 aromatic carbocycles. The fraction of sp³-hybridized carbons (Fsp3) is 0.688. The second kappa shape index (κ2) is 7.67. The summed E-state index contributed by atoms with van der Waals surface area (Å²) in [7, 11) is 0. The summed E-state index contributed by atoms with van der Waals surface area (Å²) >= 11 is 1.23. The van der Waals surface area contributed by atoms with Crippen molar-refractivity contribution in [3.63, 3.8) is 0 Å².